The molecule has 0 aliphatic heterocycles. The van der Waals surface area contributed by atoms with Crippen molar-refractivity contribution in [2.75, 3.05) is 7.11 Å². The maximum Gasteiger partial charge on any atom is 0.124 e. The lowest BCUT2D eigenvalue weighted by molar-refractivity contribution is 0.415. The Hall–Kier alpha value is -1.83. The van der Waals surface area contributed by atoms with Crippen molar-refractivity contribution in [1.82, 2.24) is 0 Å². The van der Waals surface area contributed by atoms with Gasteiger partial charge in [0.15, 0.2) is 0 Å². The number of rotatable bonds is 2. The predicted molar refractivity (Wildman–Crippen MR) is 67.9 cm³/mol. The second-order valence-electron chi connectivity index (χ2n) is 4.20. The van der Waals surface area contributed by atoms with Gasteiger partial charge in [-0.25, -0.2) is 4.39 Å². The lowest BCUT2D eigenvalue weighted by Gasteiger charge is -2.09. The van der Waals surface area contributed by atoms with Crippen LogP contribution in [0.2, 0.25) is 0 Å². The molecule has 0 spiro atoms. The van der Waals surface area contributed by atoms with E-state index in [1.165, 1.54) is 6.07 Å². The molecule has 0 saturated heterocycles. The van der Waals surface area contributed by atoms with E-state index in [1.54, 1.807) is 13.2 Å². The van der Waals surface area contributed by atoms with Gasteiger partial charge < -0.3 is 4.74 Å². The molecule has 88 valence electrons. The first-order valence-electron chi connectivity index (χ1n) is 5.52. The van der Waals surface area contributed by atoms with Gasteiger partial charge in [0, 0.05) is 0 Å². The van der Waals surface area contributed by atoms with Crippen molar-refractivity contribution in [3.05, 3.63) is 53.3 Å². The third-order valence-electron chi connectivity index (χ3n) is 2.80. The predicted octanol–water partition coefficient (Wildman–Crippen LogP) is 4.12. The van der Waals surface area contributed by atoms with Crippen molar-refractivity contribution in [3.8, 4) is 16.9 Å². The number of hydrogen-bond donors (Lipinski definition) is 0. The van der Waals surface area contributed by atoms with Gasteiger partial charge in [-0.2, -0.15) is 0 Å². The maximum atomic E-state index is 13.4. The summed E-state index contributed by atoms with van der Waals surface area (Å²) in [5, 5.41) is 0. The molecule has 0 heterocycles. The molecule has 2 aromatic carbocycles. The normalized spacial score (nSPS) is 10.4. The van der Waals surface area contributed by atoms with Gasteiger partial charge in [-0.1, -0.05) is 12.1 Å². The zero-order valence-electron chi connectivity index (χ0n) is 10.3. The highest BCUT2D eigenvalue weighted by Gasteiger charge is 2.06. The molecule has 0 radical (unpaired) electrons. The lowest BCUT2D eigenvalue weighted by atomic mass is 9.98. The second-order valence-corrected chi connectivity index (χ2v) is 4.20. The zero-order chi connectivity index (χ0) is 12.4. The summed E-state index contributed by atoms with van der Waals surface area (Å²) in [6.45, 7) is 3.90. The van der Waals surface area contributed by atoms with Crippen molar-refractivity contribution < 1.29 is 9.13 Å². The first-order chi connectivity index (χ1) is 8.10. The standard InChI is InChI=1S/C15H15FO/c1-10-6-12(8-13(16)7-10)15-9-14(17-3)5-4-11(15)2/h4-9H,1-3H3. The Kier molecular flexibility index (Phi) is 3.14. The van der Waals surface area contributed by atoms with Crippen molar-refractivity contribution in [3.63, 3.8) is 0 Å². The molecule has 0 amide bonds. The second kappa shape index (κ2) is 4.58. The van der Waals surface area contributed by atoms with Crippen LogP contribution in [0.15, 0.2) is 36.4 Å². The summed E-state index contributed by atoms with van der Waals surface area (Å²) >= 11 is 0. The molecular formula is C15H15FO. The lowest BCUT2D eigenvalue weighted by Crippen LogP contribution is -1.89. The van der Waals surface area contributed by atoms with Crippen LogP contribution >= 0.6 is 0 Å². The van der Waals surface area contributed by atoms with Crippen LogP contribution in [-0.4, -0.2) is 7.11 Å². The molecule has 0 bridgehead atoms. The quantitative estimate of drug-likeness (QED) is 0.754. The number of benzene rings is 2. The van der Waals surface area contributed by atoms with Gasteiger partial charge in [0.25, 0.3) is 0 Å². The average Bonchev–Trinajstić information content (AvgIpc) is 2.28. The summed E-state index contributed by atoms with van der Waals surface area (Å²) < 4.78 is 18.6. The van der Waals surface area contributed by atoms with Crippen LogP contribution in [-0.2, 0) is 0 Å². The van der Waals surface area contributed by atoms with E-state index >= 15 is 0 Å². The minimum Gasteiger partial charge on any atom is -0.497 e. The molecule has 1 nitrogen and oxygen atoms in total. The fraction of sp³-hybridized carbons (Fsp3) is 0.200. The number of ether oxygens (including phenoxy) is 1. The van der Waals surface area contributed by atoms with Gasteiger partial charge in [-0.3, -0.25) is 0 Å². The molecule has 0 atom stereocenters. The van der Waals surface area contributed by atoms with Crippen molar-refractivity contribution in [2.24, 2.45) is 0 Å². The van der Waals surface area contributed by atoms with Crippen molar-refractivity contribution in [2.45, 2.75) is 13.8 Å². The van der Waals surface area contributed by atoms with E-state index < -0.39 is 0 Å². The van der Waals surface area contributed by atoms with Gasteiger partial charge in [0.05, 0.1) is 7.11 Å². The van der Waals surface area contributed by atoms with Crippen molar-refractivity contribution >= 4 is 0 Å². The average molecular weight is 230 g/mol. The van der Waals surface area contributed by atoms with E-state index in [2.05, 4.69) is 0 Å². The van der Waals surface area contributed by atoms with Crippen LogP contribution in [0.1, 0.15) is 11.1 Å². The molecule has 0 N–H and O–H groups in total. The van der Waals surface area contributed by atoms with Gasteiger partial charge in [-0.05, 0) is 60.4 Å². The molecule has 0 fully saturated rings. The van der Waals surface area contributed by atoms with E-state index in [4.69, 9.17) is 4.74 Å². The highest BCUT2D eigenvalue weighted by molar-refractivity contribution is 5.69. The monoisotopic (exact) mass is 230 g/mol. The van der Waals surface area contributed by atoms with Gasteiger partial charge in [-0.15, -0.1) is 0 Å². The summed E-state index contributed by atoms with van der Waals surface area (Å²) in [5.74, 6) is 0.578. The molecule has 2 rings (SSSR count). The van der Waals surface area contributed by atoms with Crippen molar-refractivity contribution in [1.29, 1.82) is 0 Å². The van der Waals surface area contributed by atoms with E-state index in [0.29, 0.717) is 0 Å². The summed E-state index contributed by atoms with van der Waals surface area (Å²) in [6.07, 6.45) is 0. The topological polar surface area (TPSA) is 9.23 Å². The molecule has 0 unspecified atom stereocenters. The Morgan fingerprint density at radius 3 is 2.41 bits per heavy atom. The van der Waals surface area contributed by atoms with Crippen LogP contribution in [0.4, 0.5) is 4.39 Å². The Bertz CT molecular complexity index is 526. The number of methoxy groups -OCH3 is 1. The highest BCUT2D eigenvalue weighted by atomic mass is 19.1. The van der Waals surface area contributed by atoms with Crippen LogP contribution in [0.25, 0.3) is 11.1 Å². The van der Waals surface area contributed by atoms with Gasteiger partial charge in [0.2, 0.25) is 0 Å². The molecule has 2 aromatic rings. The Balaban J connectivity index is 2.58. The highest BCUT2D eigenvalue weighted by Crippen LogP contribution is 2.28. The fourth-order valence-electron chi connectivity index (χ4n) is 1.93. The molecule has 0 aliphatic rings. The van der Waals surface area contributed by atoms with Crippen LogP contribution < -0.4 is 4.74 Å². The maximum absolute atomic E-state index is 13.4. The molecule has 0 aromatic heterocycles. The van der Waals surface area contributed by atoms with E-state index in [9.17, 15) is 4.39 Å². The third kappa shape index (κ3) is 2.47. The SMILES string of the molecule is COc1ccc(C)c(-c2cc(C)cc(F)c2)c1. The summed E-state index contributed by atoms with van der Waals surface area (Å²) in [7, 11) is 1.63. The van der Waals surface area contributed by atoms with E-state index in [-0.39, 0.29) is 5.82 Å². The Morgan fingerprint density at radius 2 is 1.76 bits per heavy atom. The number of halogens is 1. The summed E-state index contributed by atoms with van der Waals surface area (Å²) in [4.78, 5) is 0. The number of hydrogen-bond acceptors (Lipinski definition) is 1. The van der Waals surface area contributed by atoms with E-state index in [1.807, 2.05) is 38.1 Å². The minimum absolute atomic E-state index is 0.206. The van der Waals surface area contributed by atoms with Gasteiger partial charge >= 0.3 is 0 Å². The molecular weight excluding hydrogens is 215 g/mol. The first-order valence-corrected chi connectivity index (χ1v) is 5.52. The Labute approximate surface area is 101 Å². The Morgan fingerprint density at radius 1 is 1.00 bits per heavy atom. The van der Waals surface area contributed by atoms with Gasteiger partial charge in [0.1, 0.15) is 11.6 Å². The summed E-state index contributed by atoms with van der Waals surface area (Å²) in [5.41, 5.74) is 3.92. The molecule has 0 aliphatic carbocycles. The molecule has 2 heteroatoms. The first kappa shape index (κ1) is 11.6. The van der Waals surface area contributed by atoms with Crippen LogP contribution in [0.5, 0.6) is 5.75 Å². The smallest absolute Gasteiger partial charge is 0.124 e. The van der Waals surface area contributed by atoms with Crippen LogP contribution in [0, 0.1) is 19.7 Å². The van der Waals surface area contributed by atoms with Crippen LogP contribution in [0.3, 0.4) is 0 Å². The molecule has 17 heavy (non-hydrogen) atoms. The largest absolute Gasteiger partial charge is 0.497 e. The fourth-order valence-corrected chi connectivity index (χ4v) is 1.93. The zero-order valence-corrected chi connectivity index (χ0v) is 10.3. The number of aryl methyl sites for hydroxylation is 2. The molecule has 0 saturated carbocycles. The van der Waals surface area contributed by atoms with E-state index in [0.717, 1.165) is 28.0 Å². The third-order valence-corrected chi connectivity index (χ3v) is 2.80. The summed E-state index contributed by atoms with van der Waals surface area (Å²) in [6, 6.07) is 10.9. The minimum atomic E-state index is -0.206.